The first-order valence-electron chi connectivity index (χ1n) is 15.0. The van der Waals surface area contributed by atoms with Crippen LogP contribution in [0.1, 0.15) is 46.9 Å². The van der Waals surface area contributed by atoms with Crippen LogP contribution in [0.3, 0.4) is 0 Å². The molecule has 7 heteroatoms. The number of aliphatic hydroxyl groups excluding tert-OH is 2. The van der Waals surface area contributed by atoms with E-state index in [9.17, 15) is 10.2 Å². The highest BCUT2D eigenvalue weighted by atomic mass is 35.5. The van der Waals surface area contributed by atoms with Crippen molar-refractivity contribution in [2.75, 3.05) is 12.3 Å². The highest BCUT2D eigenvalue weighted by molar-refractivity contribution is 6.32. The second kappa shape index (κ2) is 15.6. The summed E-state index contributed by atoms with van der Waals surface area (Å²) in [5.74, 6) is 1.11. The molecular formula is C38H39ClN2O4. The van der Waals surface area contributed by atoms with E-state index >= 15 is 0 Å². The summed E-state index contributed by atoms with van der Waals surface area (Å²) in [7, 11) is 0. The molecule has 5 aromatic rings. The van der Waals surface area contributed by atoms with Gasteiger partial charge in [-0.2, -0.15) is 0 Å². The lowest BCUT2D eigenvalue weighted by Gasteiger charge is -2.34. The number of aliphatic hydroxyl groups is 2. The Kier molecular flexibility index (Phi) is 11.1. The number of rotatable bonds is 14. The molecule has 5 aromatic carbocycles. The first-order valence-corrected chi connectivity index (χ1v) is 15.4. The third-order valence-electron chi connectivity index (χ3n) is 7.86. The monoisotopic (exact) mass is 622 g/mol. The van der Waals surface area contributed by atoms with Gasteiger partial charge in [0.2, 0.25) is 0 Å². The Labute approximate surface area is 270 Å². The molecule has 0 bridgehead atoms. The number of anilines is 1. The Morgan fingerprint density at radius 3 is 1.73 bits per heavy atom. The lowest BCUT2D eigenvalue weighted by atomic mass is 9.99. The van der Waals surface area contributed by atoms with Crippen molar-refractivity contribution >= 4 is 17.3 Å². The van der Waals surface area contributed by atoms with Gasteiger partial charge >= 0.3 is 0 Å². The van der Waals surface area contributed by atoms with Gasteiger partial charge in [0.05, 0.1) is 22.9 Å². The quantitative estimate of drug-likeness (QED) is 0.110. The van der Waals surface area contributed by atoms with Crippen molar-refractivity contribution in [3.05, 3.63) is 160 Å². The fourth-order valence-electron chi connectivity index (χ4n) is 5.19. The zero-order valence-corrected chi connectivity index (χ0v) is 26.1. The smallest absolute Gasteiger partial charge is 0.142 e. The molecule has 4 N–H and O–H groups in total. The average molecular weight is 623 g/mol. The summed E-state index contributed by atoms with van der Waals surface area (Å²) in [6.07, 6.45) is -1.73. The summed E-state index contributed by atoms with van der Waals surface area (Å²) in [6.45, 7) is 3.53. The molecule has 0 heterocycles. The van der Waals surface area contributed by atoms with Crippen LogP contribution in [0.5, 0.6) is 11.5 Å². The standard InChI is InChI=1S/C38H39ClN2O4/c1-27(38(43)32-18-19-36(33(39)21-32)44-25-29-13-7-3-8-14-29)41(23-28-11-5-2-6-12-28)24-35(42)31-17-20-37(34(40)22-31)45-26-30-15-9-4-10-16-30/h2-22,27,35,38,42-43H,23-26,40H2,1H3/t27?,35-,38?/m0/s1. The number of nitrogen functional groups attached to an aromatic ring is 1. The van der Waals surface area contributed by atoms with E-state index in [2.05, 4.69) is 4.90 Å². The van der Waals surface area contributed by atoms with Crippen LogP contribution in [-0.2, 0) is 19.8 Å². The van der Waals surface area contributed by atoms with Gasteiger partial charge in [0.1, 0.15) is 24.7 Å². The van der Waals surface area contributed by atoms with Crippen LogP contribution in [0, 0.1) is 0 Å². The van der Waals surface area contributed by atoms with E-state index in [0.29, 0.717) is 53.1 Å². The molecule has 6 nitrogen and oxygen atoms in total. The van der Waals surface area contributed by atoms with Crippen LogP contribution in [0.15, 0.2) is 127 Å². The molecule has 5 rings (SSSR count). The SMILES string of the molecule is CC(C(O)c1ccc(OCc2ccccc2)c(Cl)c1)N(Cc1ccccc1)C[C@H](O)c1ccc(OCc2ccccc2)c(N)c1. The van der Waals surface area contributed by atoms with E-state index in [0.717, 1.165) is 16.7 Å². The van der Waals surface area contributed by atoms with Gasteiger partial charge in [-0.25, -0.2) is 0 Å². The number of benzene rings is 5. The molecule has 0 aliphatic carbocycles. The number of hydrogen-bond donors (Lipinski definition) is 3. The summed E-state index contributed by atoms with van der Waals surface area (Å²) in [5, 5.41) is 23.3. The summed E-state index contributed by atoms with van der Waals surface area (Å²) < 4.78 is 11.8. The van der Waals surface area contributed by atoms with Crippen molar-refractivity contribution in [1.82, 2.24) is 4.90 Å². The molecule has 3 atom stereocenters. The molecule has 232 valence electrons. The molecular weight excluding hydrogens is 584 g/mol. The van der Waals surface area contributed by atoms with Crippen LogP contribution in [0.25, 0.3) is 0 Å². The van der Waals surface area contributed by atoms with Gasteiger partial charge in [-0.1, -0.05) is 115 Å². The molecule has 0 saturated carbocycles. The summed E-state index contributed by atoms with van der Waals surface area (Å²) in [4.78, 5) is 2.06. The minimum atomic E-state index is -0.875. The lowest BCUT2D eigenvalue weighted by Crippen LogP contribution is -2.39. The predicted octanol–water partition coefficient (Wildman–Crippen LogP) is 7.74. The van der Waals surface area contributed by atoms with Crippen molar-refractivity contribution in [3.8, 4) is 11.5 Å². The normalized spacial score (nSPS) is 13.3. The Morgan fingerprint density at radius 2 is 1.18 bits per heavy atom. The maximum atomic E-state index is 11.5. The van der Waals surface area contributed by atoms with E-state index < -0.39 is 12.2 Å². The number of ether oxygens (including phenoxy) is 2. The van der Waals surface area contributed by atoms with Crippen LogP contribution >= 0.6 is 11.6 Å². The van der Waals surface area contributed by atoms with Gasteiger partial charge in [-0.15, -0.1) is 0 Å². The molecule has 0 aliphatic heterocycles. The van der Waals surface area contributed by atoms with Gasteiger partial charge in [0, 0.05) is 19.1 Å². The highest BCUT2D eigenvalue weighted by Gasteiger charge is 2.27. The van der Waals surface area contributed by atoms with Crippen LogP contribution in [0.4, 0.5) is 5.69 Å². The molecule has 0 radical (unpaired) electrons. The van der Waals surface area contributed by atoms with E-state index in [1.807, 2.05) is 110 Å². The Morgan fingerprint density at radius 1 is 0.667 bits per heavy atom. The molecule has 0 aromatic heterocycles. The second-order valence-corrected chi connectivity index (χ2v) is 11.6. The summed E-state index contributed by atoms with van der Waals surface area (Å²) in [5.41, 5.74) is 11.3. The molecule has 0 fully saturated rings. The molecule has 0 amide bonds. The fraction of sp³-hybridized carbons (Fsp3) is 0.211. The number of hydrogen-bond acceptors (Lipinski definition) is 6. The Hall–Kier alpha value is -4.33. The number of nitrogens with two attached hydrogens (primary N) is 1. The van der Waals surface area contributed by atoms with Crippen LogP contribution in [0.2, 0.25) is 5.02 Å². The van der Waals surface area contributed by atoms with E-state index in [-0.39, 0.29) is 12.6 Å². The van der Waals surface area contributed by atoms with E-state index in [4.69, 9.17) is 26.8 Å². The average Bonchev–Trinajstić information content (AvgIpc) is 3.07. The van der Waals surface area contributed by atoms with Crippen molar-refractivity contribution in [1.29, 1.82) is 0 Å². The minimum absolute atomic E-state index is 0.267. The van der Waals surface area contributed by atoms with Crippen molar-refractivity contribution in [3.63, 3.8) is 0 Å². The minimum Gasteiger partial charge on any atom is -0.487 e. The first kappa shape index (κ1) is 32.1. The largest absolute Gasteiger partial charge is 0.487 e. The highest BCUT2D eigenvalue weighted by Crippen LogP contribution is 2.33. The Balaban J connectivity index is 1.28. The zero-order valence-electron chi connectivity index (χ0n) is 25.3. The van der Waals surface area contributed by atoms with Gasteiger partial charge in [-0.3, -0.25) is 4.90 Å². The topological polar surface area (TPSA) is 88.2 Å². The maximum absolute atomic E-state index is 11.5. The predicted molar refractivity (Wildman–Crippen MR) is 180 cm³/mol. The lowest BCUT2D eigenvalue weighted by molar-refractivity contribution is 0.0216. The zero-order chi connectivity index (χ0) is 31.6. The van der Waals surface area contributed by atoms with Gasteiger partial charge in [0.15, 0.2) is 0 Å². The van der Waals surface area contributed by atoms with Crippen LogP contribution < -0.4 is 15.2 Å². The van der Waals surface area contributed by atoms with E-state index in [1.165, 1.54) is 0 Å². The third-order valence-corrected chi connectivity index (χ3v) is 8.15. The molecule has 0 spiro atoms. The Bertz CT molecular complexity index is 1640. The van der Waals surface area contributed by atoms with Crippen LogP contribution in [-0.4, -0.2) is 27.7 Å². The first-order chi connectivity index (χ1) is 21.9. The second-order valence-electron chi connectivity index (χ2n) is 11.2. The third kappa shape index (κ3) is 8.87. The van der Waals surface area contributed by atoms with Crippen molar-refractivity contribution in [2.45, 2.75) is 44.9 Å². The molecule has 0 saturated heterocycles. The summed E-state index contributed by atoms with van der Waals surface area (Å²) >= 11 is 6.59. The van der Waals surface area contributed by atoms with Gasteiger partial charge < -0.3 is 25.4 Å². The summed E-state index contributed by atoms with van der Waals surface area (Å²) in [6, 6.07) is 40.1. The van der Waals surface area contributed by atoms with E-state index in [1.54, 1.807) is 24.3 Å². The van der Waals surface area contributed by atoms with Gasteiger partial charge in [0.25, 0.3) is 0 Å². The molecule has 45 heavy (non-hydrogen) atoms. The van der Waals surface area contributed by atoms with Crippen molar-refractivity contribution in [2.24, 2.45) is 0 Å². The van der Waals surface area contributed by atoms with Gasteiger partial charge in [-0.05, 0) is 59.0 Å². The maximum Gasteiger partial charge on any atom is 0.142 e. The fourth-order valence-corrected chi connectivity index (χ4v) is 5.44. The molecule has 0 aliphatic rings. The number of nitrogens with zero attached hydrogens (tertiary/aromatic N) is 1. The number of halogens is 1. The molecule has 2 unspecified atom stereocenters. The van der Waals surface area contributed by atoms with Crippen molar-refractivity contribution < 1.29 is 19.7 Å².